The molecular formula is C69H72N18O9. The smallest absolute Gasteiger partial charge is 0.293 e. The fourth-order valence-electron chi connectivity index (χ4n) is 13.8. The normalized spacial score (nSPS) is 15.8. The van der Waals surface area contributed by atoms with Crippen molar-refractivity contribution in [2.75, 3.05) is 16.0 Å². The number of aromatic amines is 3. The number of aromatic nitrogens is 12. The number of H-pyrrole nitrogens is 3. The highest BCUT2D eigenvalue weighted by Crippen LogP contribution is 2.47. The van der Waals surface area contributed by atoms with E-state index in [0.717, 1.165) is 53.0 Å². The van der Waals surface area contributed by atoms with Gasteiger partial charge in [0.1, 0.15) is 34.2 Å². The fourth-order valence-corrected chi connectivity index (χ4v) is 13.8. The van der Waals surface area contributed by atoms with Gasteiger partial charge in [-0.3, -0.25) is 43.2 Å². The molecule has 0 saturated heterocycles. The standard InChI is InChI=1S/3C23H24N6O3/c2*1-13-5-3-6-15(11-13)25-21(31)19-14(2)18(16-7-4-10-29(16)19)20(30)22(32)26-23(8-9-23)17-12-24-28-27-17;1-13-5-7-15(8-6-13)25-21(31)19-14(2)18(16-4-3-11-29(16)19)20(30)22(32)26-23(9-10-23)17-12-24-28-27-17/h2*3,5-6,11-12H,4,7-10H2,1-2H3,(H,25,31)(H,26,32)(H,24,27,28);5-8,12H,3-4,9-11H2,1-2H3,(H,25,31)(H,26,32)(H,24,27,28). The molecule has 96 heavy (non-hydrogen) atoms. The van der Waals surface area contributed by atoms with Gasteiger partial charge in [-0.2, -0.15) is 46.2 Å². The number of aryl methyl sites for hydroxylation is 3. The summed E-state index contributed by atoms with van der Waals surface area (Å²) in [7, 11) is 0. The van der Waals surface area contributed by atoms with Gasteiger partial charge in [0, 0.05) is 53.8 Å². The number of hydrogen-bond donors (Lipinski definition) is 9. The molecule has 0 atom stereocenters. The number of Topliss-reactive ketones (excluding diaryl/α,β-unsaturated/α-hetero) is 3. The number of carbonyl (C=O) groups is 9. The Morgan fingerprint density at radius 1 is 0.396 bits per heavy atom. The van der Waals surface area contributed by atoms with Crippen LogP contribution in [0.15, 0.2) is 91.4 Å². The number of amides is 6. The number of ketones is 3. The first-order valence-corrected chi connectivity index (χ1v) is 32.2. The van der Waals surface area contributed by atoms with Crippen LogP contribution in [-0.4, -0.2) is 113 Å². The third-order valence-corrected chi connectivity index (χ3v) is 19.1. The average Bonchev–Trinajstić information content (AvgIpc) is 1.60. The van der Waals surface area contributed by atoms with E-state index < -0.39 is 51.7 Å². The molecule has 0 bridgehead atoms. The zero-order valence-corrected chi connectivity index (χ0v) is 54.0. The molecule has 492 valence electrons. The second-order valence-electron chi connectivity index (χ2n) is 25.8. The minimum absolute atomic E-state index is 0.281. The average molecular weight is 1300 g/mol. The molecule has 3 saturated carbocycles. The monoisotopic (exact) mass is 1300 g/mol. The van der Waals surface area contributed by atoms with Crippen LogP contribution in [0, 0.1) is 41.5 Å². The molecule has 15 rings (SSSR count). The number of nitrogens with one attached hydrogen (secondary N) is 9. The van der Waals surface area contributed by atoms with Gasteiger partial charge in [-0.15, -0.1) is 0 Å². The van der Waals surface area contributed by atoms with Crippen LogP contribution in [0.3, 0.4) is 0 Å². The van der Waals surface area contributed by atoms with Crippen LogP contribution in [0.2, 0.25) is 0 Å². The number of nitrogens with zero attached hydrogens (tertiary/aromatic N) is 9. The molecule has 0 spiro atoms. The zero-order chi connectivity index (χ0) is 67.4. The van der Waals surface area contributed by atoms with E-state index in [-0.39, 0.29) is 17.7 Å². The summed E-state index contributed by atoms with van der Waals surface area (Å²) in [5, 5.41) is 48.6. The maximum atomic E-state index is 13.2. The first kappa shape index (κ1) is 63.5. The Kier molecular flexibility index (Phi) is 16.7. The first-order chi connectivity index (χ1) is 46.2. The molecule has 9 aromatic rings. The van der Waals surface area contributed by atoms with E-state index in [4.69, 9.17) is 0 Å². The lowest BCUT2D eigenvalue weighted by molar-refractivity contribution is -0.118. The number of rotatable bonds is 18. The van der Waals surface area contributed by atoms with E-state index in [1.54, 1.807) is 39.4 Å². The van der Waals surface area contributed by atoms with Crippen molar-refractivity contribution >= 4 is 69.9 Å². The van der Waals surface area contributed by atoms with Crippen molar-refractivity contribution in [3.8, 4) is 0 Å². The number of fused-ring (bicyclic) bond motifs is 3. The molecule has 0 unspecified atom stereocenters. The lowest BCUT2D eigenvalue weighted by Gasteiger charge is -2.14. The Labute approximate surface area is 550 Å². The number of anilines is 3. The summed E-state index contributed by atoms with van der Waals surface area (Å²) >= 11 is 0. The third kappa shape index (κ3) is 12.1. The van der Waals surface area contributed by atoms with Gasteiger partial charge in [0.15, 0.2) is 0 Å². The number of carbonyl (C=O) groups excluding carboxylic acids is 9. The predicted molar refractivity (Wildman–Crippen MR) is 349 cm³/mol. The van der Waals surface area contributed by atoms with Crippen molar-refractivity contribution in [3.05, 3.63) is 193 Å². The molecule has 27 nitrogen and oxygen atoms in total. The van der Waals surface area contributed by atoms with Gasteiger partial charge < -0.3 is 45.6 Å². The van der Waals surface area contributed by atoms with Crippen LogP contribution in [0.1, 0.15) is 188 Å². The summed E-state index contributed by atoms with van der Waals surface area (Å²) in [4.78, 5) is 118. The molecular weight excluding hydrogens is 1220 g/mol. The van der Waals surface area contributed by atoms with Crippen LogP contribution in [-0.2, 0) is 69.9 Å². The van der Waals surface area contributed by atoms with Gasteiger partial charge in [-0.05, 0) is 183 Å². The predicted octanol–water partition coefficient (Wildman–Crippen LogP) is 7.23. The third-order valence-electron chi connectivity index (χ3n) is 19.1. The highest BCUT2D eigenvalue weighted by Gasteiger charge is 2.52. The molecule has 3 aliphatic heterocycles. The summed E-state index contributed by atoms with van der Waals surface area (Å²) in [6.07, 6.45) is 13.3. The minimum atomic E-state index is -0.681. The van der Waals surface area contributed by atoms with Crippen LogP contribution in [0.5, 0.6) is 0 Å². The largest absolute Gasteiger partial charge is 0.340 e. The quantitative estimate of drug-likeness (QED) is 0.0302. The minimum Gasteiger partial charge on any atom is -0.340 e. The summed E-state index contributed by atoms with van der Waals surface area (Å²) in [6, 6.07) is 22.6. The van der Waals surface area contributed by atoms with Gasteiger partial charge in [0.05, 0.1) is 51.9 Å². The Balaban J connectivity index is 0.000000130. The fraction of sp³-hybridized carbons (Fsp3) is 0.348. The van der Waals surface area contributed by atoms with Gasteiger partial charge in [0.25, 0.3) is 52.8 Å². The lowest BCUT2D eigenvalue weighted by atomic mass is 10.0. The van der Waals surface area contributed by atoms with E-state index in [9.17, 15) is 43.2 Å². The molecule has 3 fully saturated rings. The summed E-state index contributed by atoms with van der Waals surface area (Å²) in [5.74, 6) is -4.73. The van der Waals surface area contributed by atoms with Gasteiger partial charge in [-0.1, -0.05) is 42.0 Å². The summed E-state index contributed by atoms with van der Waals surface area (Å²) < 4.78 is 5.64. The van der Waals surface area contributed by atoms with Crippen LogP contribution >= 0.6 is 0 Å². The molecule has 0 radical (unpaired) electrons. The highest BCUT2D eigenvalue weighted by atomic mass is 16.2. The summed E-state index contributed by atoms with van der Waals surface area (Å²) in [6.45, 7) is 13.0. The Bertz CT molecular complexity index is 4420. The Morgan fingerprint density at radius 3 is 0.990 bits per heavy atom. The molecule has 3 aliphatic carbocycles. The van der Waals surface area contributed by atoms with Crippen molar-refractivity contribution < 1.29 is 43.2 Å². The van der Waals surface area contributed by atoms with Gasteiger partial charge >= 0.3 is 0 Å². The van der Waals surface area contributed by atoms with E-state index in [2.05, 4.69) is 78.1 Å². The van der Waals surface area contributed by atoms with E-state index in [1.807, 2.05) is 107 Å². The molecule has 6 aliphatic rings. The van der Waals surface area contributed by atoms with Crippen molar-refractivity contribution in [2.45, 2.75) is 155 Å². The Morgan fingerprint density at radius 2 is 0.708 bits per heavy atom. The number of benzene rings is 3. The van der Waals surface area contributed by atoms with Crippen molar-refractivity contribution in [3.63, 3.8) is 0 Å². The molecule has 6 amide bonds. The van der Waals surface area contributed by atoms with E-state index in [0.29, 0.717) is 162 Å². The summed E-state index contributed by atoms with van der Waals surface area (Å²) in [5.41, 5.74) is 11.4. The maximum Gasteiger partial charge on any atom is 0.293 e. The van der Waals surface area contributed by atoms with Crippen molar-refractivity contribution in [2.24, 2.45) is 0 Å². The topological polar surface area (TPSA) is 365 Å². The van der Waals surface area contributed by atoms with Crippen molar-refractivity contribution in [1.29, 1.82) is 0 Å². The molecule has 27 heteroatoms. The van der Waals surface area contributed by atoms with Crippen LogP contribution in [0.4, 0.5) is 17.1 Å². The molecule has 9 N–H and O–H groups in total. The second-order valence-corrected chi connectivity index (χ2v) is 25.8. The highest BCUT2D eigenvalue weighted by molar-refractivity contribution is 6.45. The molecule has 6 aromatic heterocycles. The Hall–Kier alpha value is -11.3. The SMILES string of the molecule is Cc1ccc(NC(=O)c2c(C)c(C(=O)C(=O)NC3(c4cn[nH]n4)CC3)c3n2CCC3)cc1.Cc1cccc(NC(=O)c2c(C)c(C(=O)C(=O)NC3(c4cn[nH]n4)CC3)c3n2CCC3)c1.Cc1cccc(NC(=O)c2c(C)c(C(=O)C(=O)NC3(c4cn[nH]n4)CC3)c3n2CCC3)c1. The van der Waals surface area contributed by atoms with E-state index >= 15 is 0 Å². The van der Waals surface area contributed by atoms with Gasteiger partial charge in [0.2, 0.25) is 0 Å². The van der Waals surface area contributed by atoms with Crippen LogP contribution in [0.25, 0.3) is 0 Å². The van der Waals surface area contributed by atoms with E-state index in [1.165, 1.54) is 0 Å². The molecule has 3 aromatic carbocycles. The van der Waals surface area contributed by atoms with Gasteiger partial charge in [-0.25, -0.2) is 0 Å². The van der Waals surface area contributed by atoms with Crippen molar-refractivity contribution in [1.82, 2.24) is 75.9 Å². The number of hydrogen-bond acceptors (Lipinski definition) is 15. The maximum absolute atomic E-state index is 13.2. The second kappa shape index (κ2) is 25.2. The molecule has 9 heterocycles. The zero-order valence-electron chi connectivity index (χ0n) is 54.0. The lowest BCUT2D eigenvalue weighted by Crippen LogP contribution is -2.40. The van der Waals surface area contributed by atoms with Crippen LogP contribution < -0.4 is 31.9 Å². The first-order valence-electron chi connectivity index (χ1n) is 32.2.